The maximum absolute atomic E-state index is 13.5. The molecule has 26 heavy (non-hydrogen) atoms. The Balaban J connectivity index is 2.45. The Morgan fingerprint density at radius 2 is 1.35 bits per heavy atom. The second-order valence-corrected chi connectivity index (χ2v) is 6.45. The van der Waals surface area contributed by atoms with E-state index in [2.05, 4.69) is 10.3 Å². The number of hydrogen-bond acceptors (Lipinski definition) is 2. The van der Waals surface area contributed by atoms with Gasteiger partial charge in [-0.15, -0.1) is 0 Å². The second-order valence-electron chi connectivity index (χ2n) is 6.45. The van der Waals surface area contributed by atoms with E-state index in [1.807, 2.05) is 32.0 Å². The Bertz CT molecular complexity index is 822. The largest absolute Gasteiger partial charge is 0.433 e. The predicted octanol–water partition coefficient (Wildman–Crippen LogP) is 6.57. The van der Waals surface area contributed by atoms with Crippen LogP contribution in [0.3, 0.4) is 0 Å². The lowest BCUT2D eigenvalue weighted by Crippen LogP contribution is -2.22. The Kier molecular flexibility index (Phi) is 5.90. The van der Waals surface area contributed by atoms with Gasteiger partial charge in [0.1, 0.15) is 5.71 Å². The summed E-state index contributed by atoms with van der Waals surface area (Å²) in [4.78, 5) is 3.93. The number of benzene rings is 2. The first-order valence-corrected chi connectivity index (χ1v) is 8.33. The normalized spacial score (nSPS) is 13.1. The molecule has 1 N–H and O–H groups in total. The van der Waals surface area contributed by atoms with E-state index in [4.69, 9.17) is 0 Å². The average molecular weight is 360 g/mol. The third kappa shape index (κ3) is 4.75. The summed E-state index contributed by atoms with van der Waals surface area (Å²) in [5.74, 6) is 0. The van der Waals surface area contributed by atoms with Crippen LogP contribution in [-0.4, -0.2) is 11.9 Å². The summed E-state index contributed by atoms with van der Waals surface area (Å²) in [6, 6.07) is 11.1. The molecule has 2 aromatic rings. The van der Waals surface area contributed by atoms with E-state index in [1.165, 1.54) is 0 Å². The zero-order chi connectivity index (χ0) is 19.5. The quantitative estimate of drug-likeness (QED) is 0.613. The summed E-state index contributed by atoms with van der Waals surface area (Å²) in [5, 5.41) is 3.08. The maximum atomic E-state index is 13.5. The lowest BCUT2D eigenvalue weighted by molar-refractivity contribution is -0.0576. The molecule has 0 saturated carbocycles. The Morgan fingerprint density at radius 1 is 0.885 bits per heavy atom. The monoisotopic (exact) mass is 360 g/mol. The van der Waals surface area contributed by atoms with Crippen LogP contribution in [0, 0.1) is 27.7 Å². The van der Waals surface area contributed by atoms with E-state index in [1.54, 1.807) is 39.0 Å². The molecule has 2 aromatic carbocycles. The van der Waals surface area contributed by atoms with Crippen LogP contribution in [0.4, 0.5) is 24.5 Å². The molecule has 0 bridgehead atoms. The molecule has 0 aromatic heterocycles. The smallest absolute Gasteiger partial charge is 0.359 e. The van der Waals surface area contributed by atoms with Crippen molar-refractivity contribution in [1.82, 2.24) is 0 Å². The lowest BCUT2D eigenvalue weighted by Gasteiger charge is -2.15. The molecule has 0 amide bonds. The van der Waals surface area contributed by atoms with Crippen molar-refractivity contribution in [3.05, 3.63) is 70.4 Å². The van der Waals surface area contributed by atoms with Crippen LogP contribution in [0.1, 0.15) is 29.2 Å². The number of nitrogens with one attached hydrogen (secondary N) is 1. The fraction of sp³-hybridized carbons (Fsp3) is 0.286. The van der Waals surface area contributed by atoms with Crippen LogP contribution in [0.5, 0.6) is 0 Å². The molecule has 0 aliphatic carbocycles. The molecule has 0 spiro atoms. The van der Waals surface area contributed by atoms with Crippen molar-refractivity contribution >= 4 is 17.1 Å². The zero-order valence-corrected chi connectivity index (χ0v) is 15.6. The number of allylic oxidation sites excluding steroid dienone is 2. The third-order valence-corrected chi connectivity index (χ3v) is 4.12. The second kappa shape index (κ2) is 7.77. The van der Waals surface area contributed by atoms with Crippen LogP contribution in [0.15, 0.2) is 53.2 Å². The first-order valence-electron chi connectivity index (χ1n) is 8.33. The van der Waals surface area contributed by atoms with Crippen molar-refractivity contribution in [2.75, 3.05) is 5.32 Å². The Hall–Kier alpha value is -2.56. The number of para-hydroxylation sites is 2. The number of aryl methyl sites for hydroxylation is 4. The Labute approximate surface area is 152 Å². The highest BCUT2D eigenvalue weighted by molar-refractivity contribution is 6.02. The highest BCUT2D eigenvalue weighted by Crippen LogP contribution is 2.28. The van der Waals surface area contributed by atoms with Crippen LogP contribution in [-0.2, 0) is 0 Å². The molecule has 0 atom stereocenters. The molecule has 2 nitrogen and oxygen atoms in total. The van der Waals surface area contributed by atoms with Crippen molar-refractivity contribution in [2.45, 2.75) is 40.8 Å². The number of alkyl halides is 3. The maximum Gasteiger partial charge on any atom is 0.433 e. The Morgan fingerprint density at radius 3 is 1.81 bits per heavy atom. The van der Waals surface area contributed by atoms with Gasteiger partial charge in [0, 0.05) is 11.4 Å². The molecule has 0 radical (unpaired) electrons. The van der Waals surface area contributed by atoms with E-state index >= 15 is 0 Å². The van der Waals surface area contributed by atoms with E-state index in [0.29, 0.717) is 22.5 Å². The van der Waals surface area contributed by atoms with E-state index in [0.717, 1.165) is 22.9 Å². The van der Waals surface area contributed by atoms with Gasteiger partial charge in [0.25, 0.3) is 0 Å². The lowest BCUT2D eigenvalue weighted by atomic mass is 10.1. The van der Waals surface area contributed by atoms with Gasteiger partial charge in [0.2, 0.25) is 0 Å². The average Bonchev–Trinajstić information content (AvgIpc) is 2.52. The van der Waals surface area contributed by atoms with E-state index in [9.17, 15) is 13.2 Å². The fourth-order valence-corrected chi connectivity index (χ4v) is 2.73. The van der Waals surface area contributed by atoms with Gasteiger partial charge in [0.05, 0.1) is 5.69 Å². The van der Waals surface area contributed by atoms with Gasteiger partial charge >= 0.3 is 6.18 Å². The standard InChI is InChI=1S/C21H23F3N2/c1-13-8-6-9-14(2)19(13)25-17(5)12-18(21(22,23)24)26-20-15(3)10-7-11-16(20)4/h6-12,25H,1-5H3. The molecule has 0 heterocycles. The summed E-state index contributed by atoms with van der Waals surface area (Å²) in [5.41, 5.74) is 3.98. The van der Waals surface area contributed by atoms with Crippen LogP contribution < -0.4 is 5.32 Å². The molecule has 0 fully saturated rings. The summed E-state index contributed by atoms with van der Waals surface area (Å²) >= 11 is 0. The molecule has 0 aliphatic heterocycles. The van der Waals surface area contributed by atoms with Crippen LogP contribution >= 0.6 is 0 Å². The van der Waals surface area contributed by atoms with Gasteiger partial charge in [-0.1, -0.05) is 36.4 Å². The minimum absolute atomic E-state index is 0.357. The predicted molar refractivity (Wildman–Crippen MR) is 102 cm³/mol. The van der Waals surface area contributed by atoms with Gasteiger partial charge < -0.3 is 5.32 Å². The number of rotatable bonds is 4. The summed E-state index contributed by atoms with van der Waals surface area (Å²) in [7, 11) is 0. The summed E-state index contributed by atoms with van der Waals surface area (Å²) in [6.07, 6.45) is -3.49. The number of anilines is 1. The number of nitrogens with zero attached hydrogens (tertiary/aromatic N) is 1. The molecule has 2 rings (SSSR count). The summed E-state index contributed by atoms with van der Waals surface area (Å²) in [6.45, 7) is 8.95. The molecular weight excluding hydrogens is 337 g/mol. The molecule has 0 unspecified atom stereocenters. The van der Waals surface area contributed by atoms with Crippen molar-refractivity contribution in [2.24, 2.45) is 4.99 Å². The fourth-order valence-electron chi connectivity index (χ4n) is 2.73. The number of aliphatic imine (C=N–C) groups is 1. The zero-order valence-electron chi connectivity index (χ0n) is 15.6. The number of hydrogen-bond donors (Lipinski definition) is 1. The highest BCUT2D eigenvalue weighted by atomic mass is 19.4. The van der Waals surface area contributed by atoms with Gasteiger partial charge in [-0.25, -0.2) is 4.99 Å². The van der Waals surface area contributed by atoms with Gasteiger partial charge in [-0.3, -0.25) is 0 Å². The van der Waals surface area contributed by atoms with Gasteiger partial charge in [-0.2, -0.15) is 13.2 Å². The molecule has 0 aliphatic rings. The van der Waals surface area contributed by atoms with E-state index < -0.39 is 11.9 Å². The topological polar surface area (TPSA) is 24.4 Å². The van der Waals surface area contributed by atoms with Gasteiger partial charge in [0.15, 0.2) is 0 Å². The van der Waals surface area contributed by atoms with Crippen LogP contribution in [0.2, 0.25) is 0 Å². The molecule has 5 heteroatoms. The van der Waals surface area contributed by atoms with Crippen molar-refractivity contribution in [3.63, 3.8) is 0 Å². The van der Waals surface area contributed by atoms with Crippen molar-refractivity contribution < 1.29 is 13.2 Å². The first-order chi connectivity index (χ1) is 12.1. The highest BCUT2D eigenvalue weighted by Gasteiger charge is 2.34. The SMILES string of the molecule is CC(=CC(=Nc1c(C)cccc1C)C(F)(F)F)Nc1c(C)cccc1C. The third-order valence-electron chi connectivity index (χ3n) is 4.12. The van der Waals surface area contributed by atoms with Crippen LogP contribution in [0.25, 0.3) is 0 Å². The summed E-state index contributed by atoms with van der Waals surface area (Å²) < 4.78 is 40.6. The van der Waals surface area contributed by atoms with E-state index in [-0.39, 0.29) is 0 Å². The van der Waals surface area contributed by atoms with Crippen molar-refractivity contribution in [1.29, 1.82) is 0 Å². The minimum atomic E-state index is -4.54. The minimum Gasteiger partial charge on any atom is -0.359 e. The van der Waals surface area contributed by atoms with Crippen molar-refractivity contribution in [3.8, 4) is 0 Å². The molecule has 0 saturated heterocycles. The molecular formula is C21H23F3N2. The first kappa shape index (κ1) is 19.8. The van der Waals surface area contributed by atoms with Gasteiger partial charge in [-0.05, 0) is 62.9 Å². The number of halogens is 3. The molecule has 138 valence electrons.